The van der Waals surface area contributed by atoms with E-state index in [-0.39, 0.29) is 11.8 Å². The molecule has 1 saturated heterocycles. The number of halogens is 3. The molecule has 4 rings (SSSR count). The van der Waals surface area contributed by atoms with Crippen LogP contribution >= 0.6 is 0 Å². The van der Waals surface area contributed by atoms with Crippen molar-refractivity contribution in [3.8, 4) is 0 Å². The van der Waals surface area contributed by atoms with E-state index >= 15 is 0 Å². The number of aromatic nitrogens is 2. The van der Waals surface area contributed by atoms with Gasteiger partial charge >= 0.3 is 6.18 Å². The Morgan fingerprint density at radius 1 is 1.21 bits per heavy atom. The van der Waals surface area contributed by atoms with E-state index in [1.54, 1.807) is 17.0 Å². The van der Waals surface area contributed by atoms with E-state index in [0.717, 1.165) is 17.3 Å². The predicted molar refractivity (Wildman–Crippen MR) is 117 cm³/mol. The molecular formula is C24H31F3N4O2. The number of carbonyl (C=O) groups is 1. The molecule has 1 aromatic heterocycles. The Bertz CT molecular complexity index is 980. The van der Waals surface area contributed by atoms with Gasteiger partial charge in [0, 0.05) is 43.9 Å². The molecule has 0 spiro atoms. The van der Waals surface area contributed by atoms with Gasteiger partial charge in [0.25, 0.3) is 5.91 Å². The van der Waals surface area contributed by atoms with Crippen molar-refractivity contribution in [2.75, 3.05) is 19.6 Å². The van der Waals surface area contributed by atoms with Crippen molar-refractivity contribution in [3.05, 3.63) is 52.3 Å². The van der Waals surface area contributed by atoms with Gasteiger partial charge in [-0.15, -0.1) is 0 Å². The zero-order valence-electron chi connectivity index (χ0n) is 19.0. The molecule has 1 aromatic carbocycles. The molecule has 1 fully saturated rings. The molecule has 6 nitrogen and oxygen atoms in total. The molecule has 2 aromatic rings. The van der Waals surface area contributed by atoms with E-state index in [9.17, 15) is 23.1 Å². The van der Waals surface area contributed by atoms with Gasteiger partial charge in [-0.2, -0.15) is 18.3 Å². The summed E-state index contributed by atoms with van der Waals surface area (Å²) in [5, 5.41) is 17.8. The largest absolute Gasteiger partial charge is 0.416 e. The molecule has 3 heterocycles. The predicted octanol–water partition coefficient (Wildman–Crippen LogP) is 4.17. The third-order valence-corrected chi connectivity index (χ3v) is 6.76. The van der Waals surface area contributed by atoms with Gasteiger partial charge in [0.05, 0.1) is 5.56 Å². The number of hydrogen-bond donors (Lipinski definition) is 2. The lowest BCUT2D eigenvalue weighted by atomic mass is 9.86. The van der Waals surface area contributed by atoms with Gasteiger partial charge < -0.3 is 10.0 Å². The number of H-pyrrole nitrogens is 1. The maximum absolute atomic E-state index is 13.4. The number of likely N-dealkylation sites (tertiary alicyclic amines) is 1. The van der Waals surface area contributed by atoms with Crippen LogP contribution in [0.4, 0.5) is 13.2 Å². The minimum atomic E-state index is -4.39. The summed E-state index contributed by atoms with van der Waals surface area (Å²) in [5.41, 5.74) is 1.82. The molecule has 2 N–H and O–H groups in total. The van der Waals surface area contributed by atoms with Crippen LogP contribution in [0.2, 0.25) is 0 Å². The average molecular weight is 465 g/mol. The first-order valence-electron chi connectivity index (χ1n) is 11.6. The summed E-state index contributed by atoms with van der Waals surface area (Å²) in [6.07, 6.45) is -2.66. The lowest BCUT2D eigenvalue weighted by molar-refractivity contribution is -0.138. The number of nitrogens with zero attached hydrogens (tertiary/aromatic N) is 3. The first-order chi connectivity index (χ1) is 15.6. The van der Waals surface area contributed by atoms with Gasteiger partial charge in [-0.25, -0.2) is 0 Å². The van der Waals surface area contributed by atoms with Gasteiger partial charge in [0.2, 0.25) is 0 Å². The molecule has 2 aliphatic heterocycles. The second-order valence-corrected chi connectivity index (χ2v) is 9.51. The smallest absolute Gasteiger partial charge is 0.378 e. The first kappa shape index (κ1) is 23.8. The normalized spacial score (nSPS) is 19.1. The van der Waals surface area contributed by atoms with Gasteiger partial charge in [-0.1, -0.05) is 32.0 Å². The molecule has 180 valence electrons. The van der Waals surface area contributed by atoms with Crippen molar-refractivity contribution in [1.29, 1.82) is 0 Å². The number of piperidine rings is 1. The number of amides is 1. The van der Waals surface area contributed by atoms with Gasteiger partial charge in [0.15, 0.2) is 5.69 Å². The topological polar surface area (TPSA) is 72.5 Å². The number of benzene rings is 1. The van der Waals surface area contributed by atoms with Crippen molar-refractivity contribution >= 4 is 5.91 Å². The SMILES string of the molecule is CC(C)CC(O)N1CCc2[nH]nc(C(=O)N3CCC(c4ccccc4C(F)(F)F)CC3)c2C1. The molecule has 9 heteroatoms. The number of nitrogens with one attached hydrogen (secondary N) is 1. The van der Waals surface area contributed by atoms with Crippen molar-refractivity contribution in [3.63, 3.8) is 0 Å². The fourth-order valence-corrected chi connectivity index (χ4v) is 4.97. The third kappa shape index (κ3) is 5.09. The van der Waals surface area contributed by atoms with Crippen molar-refractivity contribution in [2.24, 2.45) is 5.92 Å². The zero-order valence-corrected chi connectivity index (χ0v) is 19.0. The summed E-state index contributed by atoms with van der Waals surface area (Å²) in [7, 11) is 0. The summed E-state index contributed by atoms with van der Waals surface area (Å²) in [4.78, 5) is 16.9. The highest BCUT2D eigenvalue weighted by Crippen LogP contribution is 2.39. The molecule has 0 bridgehead atoms. The number of aromatic amines is 1. The molecule has 0 saturated carbocycles. The fraction of sp³-hybridized carbons (Fsp3) is 0.583. The Balaban J connectivity index is 1.44. The fourth-order valence-electron chi connectivity index (χ4n) is 4.97. The summed E-state index contributed by atoms with van der Waals surface area (Å²) in [6.45, 7) is 6.04. The second-order valence-electron chi connectivity index (χ2n) is 9.51. The zero-order chi connectivity index (χ0) is 23.8. The van der Waals surface area contributed by atoms with Crippen LogP contribution in [0.25, 0.3) is 0 Å². The van der Waals surface area contributed by atoms with E-state index in [1.807, 2.05) is 4.90 Å². The highest BCUT2D eigenvalue weighted by atomic mass is 19.4. The molecule has 2 aliphatic rings. The maximum atomic E-state index is 13.4. The number of rotatable bonds is 5. The minimum absolute atomic E-state index is 0.199. The van der Waals surface area contributed by atoms with Crippen LogP contribution in [0.15, 0.2) is 24.3 Å². The number of aliphatic hydroxyl groups is 1. The molecule has 1 atom stereocenters. The Hall–Kier alpha value is -2.39. The number of hydrogen-bond acceptors (Lipinski definition) is 4. The number of carbonyl (C=O) groups excluding carboxylic acids is 1. The highest BCUT2D eigenvalue weighted by molar-refractivity contribution is 5.94. The maximum Gasteiger partial charge on any atom is 0.416 e. The Labute approximate surface area is 191 Å². The molecule has 0 radical (unpaired) electrons. The monoisotopic (exact) mass is 464 g/mol. The van der Waals surface area contributed by atoms with Crippen molar-refractivity contribution in [1.82, 2.24) is 20.0 Å². The van der Waals surface area contributed by atoms with Crippen LogP contribution in [-0.4, -0.2) is 56.9 Å². The second kappa shape index (κ2) is 9.46. The summed E-state index contributed by atoms with van der Waals surface area (Å²) in [6, 6.07) is 5.72. The number of aliphatic hydroxyl groups excluding tert-OH is 1. The summed E-state index contributed by atoms with van der Waals surface area (Å²) < 4.78 is 40.2. The standard InChI is InChI=1S/C24H31F3N4O2/c1-15(2)13-21(32)31-12-9-20-18(14-31)22(29-28-20)23(33)30-10-7-16(8-11-30)17-5-3-4-6-19(17)24(25,26)27/h3-6,15-16,21,32H,7-14H2,1-2H3,(H,28,29). The number of alkyl halides is 3. The molecule has 1 unspecified atom stereocenters. The van der Waals surface area contributed by atoms with Gasteiger partial charge in [-0.05, 0) is 42.7 Å². The minimum Gasteiger partial charge on any atom is -0.378 e. The van der Waals surface area contributed by atoms with E-state index in [0.29, 0.717) is 69.0 Å². The van der Waals surface area contributed by atoms with Crippen LogP contribution in [0.5, 0.6) is 0 Å². The van der Waals surface area contributed by atoms with Gasteiger partial charge in [0.1, 0.15) is 6.23 Å². The molecule has 33 heavy (non-hydrogen) atoms. The van der Waals surface area contributed by atoms with Crippen LogP contribution in [-0.2, 0) is 19.1 Å². The number of fused-ring (bicyclic) bond motifs is 1. The van der Waals surface area contributed by atoms with Crippen molar-refractivity contribution in [2.45, 2.75) is 64.4 Å². The van der Waals surface area contributed by atoms with Crippen LogP contribution < -0.4 is 0 Å². The lowest BCUT2D eigenvalue weighted by Crippen LogP contribution is -2.41. The summed E-state index contributed by atoms with van der Waals surface area (Å²) >= 11 is 0. The molecule has 0 aliphatic carbocycles. The first-order valence-corrected chi connectivity index (χ1v) is 11.6. The Morgan fingerprint density at radius 2 is 1.91 bits per heavy atom. The molecular weight excluding hydrogens is 433 g/mol. The van der Waals surface area contributed by atoms with Crippen LogP contribution in [0, 0.1) is 5.92 Å². The van der Waals surface area contributed by atoms with E-state index in [4.69, 9.17) is 0 Å². The lowest BCUT2D eigenvalue weighted by Gasteiger charge is -2.34. The Morgan fingerprint density at radius 3 is 2.58 bits per heavy atom. The quantitative estimate of drug-likeness (QED) is 0.697. The molecule has 1 amide bonds. The van der Waals surface area contributed by atoms with Crippen molar-refractivity contribution < 1.29 is 23.1 Å². The van der Waals surface area contributed by atoms with Gasteiger partial charge in [-0.3, -0.25) is 14.8 Å². The highest BCUT2D eigenvalue weighted by Gasteiger charge is 2.37. The van der Waals surface area contributed by atoms with E-state index < -0.39 is 18.0 Å². The average Bonchev–Trinajstić information content (AvgIpc) is 3.21. The van der Waals surface area contributed by atoms with Crippen LogP contribution in [0.1, 0.15) is 71.9 Å². The Kier molecular flexibility index (Phi) is 6.81. The van der Waals surface area contributed by atoms with Crippen LogP contribution in [0.3, 0.4) is 0 Å². The van der Waals surface area contributed by atoms with E-state index in [2.05, 4.69) is 24.0 Å². The third-order valence-electron chi connectivity index (χ3n) is 6.76. The summed E-state index contributed by atoms with van der Waals surface area (Å²) in [5.74, 6) is -0.0764. The van der Waals surface area contributed by atoms with E-state index in [1.165, 1.54) is 6.07 Å².